The summed E-state index contributed by atoms with van der Waals surface area (Å²) in [5, 5.41) is 7.08. The summed E-state index contributed by atoms with van der Waals surface area (Å²) >= 11 is 1.41. The average molecular weight is 420 g/mol. The molecule has 9 heteroatoms. The molecule has 0 spiro atoms. The molecule has 2 N–H and O–H groups in total. The third-order valence-corrected chi connectivity index (χ3v) is 5.60. The standard InChI is InChI=1S/C21H21N7OS/c1-12(15-6-4-8-22-10-15)24-20(29)17-18-19(26-14(3)30-18)28-21(27-17)25-13(2)16-7-5-9-23-11-16/h4-13H,1-3H3,(H,24,29)(H,25,27,28)/t12-,13?/m0/s1. The first kappa shape index (κ1) is 19.8. The third kappa shape index (κ3) is 4.25. The van der Waals surface area contributed by atoms with Gasteiger partial charge in [-0.25, -0.2) is 9.97 Å². The molecule has 0 saturated carbocycles. The Morgan fingerprint density at radius 1 is 0.967 bits per heavy atom. The van der Waals surface area contributed by atoms with E-state index in [1.165, 1.54) is 11.3 Å². The molecule has 0 aliphatic heterocycles. The molecule has 0 aliphatic carbocycles. The van der Waals surface area contributed by atoms with Crippen LogP contribution in [0.3, 0.4) is 0 Å². The zero-order chi connectivity index (χ0) is 21.1. The number of hydrogen-bond acceptors (Lipinski definition) is 8. The fourth-order valence-electron chi connectivity index (χ4n) is 3.04. The molecule has 0 aromatic carbocycles. The van der Waals surface area contributed by atoms with Gasteiger partial charge in [0.05, 0.1) is 17.1 Å². The summed E-state index contributed by atoms with van der Waals surface area (Å²) in [5.41, 5.74) is 2.72. The van der Waals surface area contributed by atoms with Gasteiger partial charge in [-0.1, -0.05) is 12.1 Å². The minimum absolute atomic E-state index is 0.0823. The second-order valence-electron chi connectivity index (χ2n) is 6.92. The van der Waals surface area contributed by atoms with Gasteiger partial charge >= 0.3 is 0 Å². The minimum atomic E-state index is -0.278. The summed E-state index contributed by atoms with van der Waals surface area (Å²) in [6.07, 6.45) is 6.95. The molecule has 1 amide bonds. The highest BCUT2D eigenvalue weighted by Crippen LogP contribution is 2.26. The van der Waals surface area contributed by atoms with Gasteiger partial charge in [-0.3, -0.25) is 14.8 Å². The highest BCUT2D eigenvalue weighted by Gasteiger charge is 2.21. The molecule has 0 radical (unpaired) electrons. The molecule has 4 heterocycles. The number of hydrogen-bond donors (Lipinski definition) is 2. The minimum Gasteiger partial charge on any atom is -0.348 e. The molecule has 152 valence electrons. The number of aromatic nitrogens is 5. The second-order valence-corrected chi connectivity index (χ2v) is 8.12. The summed E-state index contributed by atoms with van der Waals surface area (Å²) in [4.78, 5) is 34.8. The second kappa shape index (κ2) is 8.50. The van der Waals surface area contributed by atoms with Crippen LogP contribution >= 0.6 is 11.3 Å². The number of nitrogens with one attached hydrogen (secondary N) is 2. The largest absolute Gasteiger partial charge is 0.348 e. The Balaban J connectivity index is 1.64. The highest BCUT2D eigenvalue weighted by molar-refractivity contribution is 7.18. The summed E-state index contributed by atoms with van der Waals surface area (Å²) in [6.45, 7) is 5.79. The van der Waals surface area contributed by atoms with Crippen molar-refractivity contribution >= 4 is 33.5 Å². The Kier molecular flexibility index (Phi) is 5.62. The molecule has 0 aliphatic rings. The van der Waals surface area contributed by atoms with E-state index in [1.54, 1.807) is 24.8 Å². The molecule has 4 rings (SSSR count). The average Bonchev–Trinajstić information content (AvgIpc) is 3.14. The topological polar surface area (TPSA) is 106 Å². The van der Waals surface area contributed by atoms with Crippen LogP contribution in [0.5, 0.6) is 0 Å². The maximum Gasteiger partial charge on any atom is 0.272 e. The van der Waals surface area contributed by atoms with Crippen LogP contribution in [0.25, 0.3) is 10.3 Å². The van der Waals surface area contributed by atoms with Crippen LogP contribution in [0.4, 0.5) is 5.95 Å². The lowest BCUT2D eigenvalue weighted by atomic mass is 10.1. The van der Waals surface area contributed by atoms with Crippen LogP contribution < -0.4 is 10.6 Å². The molecule has 30 heavy (non-hydrogen) atoms. The van der Waals surface area contributed by atoms with Gasteiger partial charge in [0.25, 0.3) is 5.91 Å². The maximum atomic E-state index is 13.1. The van der Waals surface area contributed by atoms with Gasteiger partial charge in [0.15, 0.2) is 11.3 Å². The fourth-order valence-corrected chi connectivity index (χ4v) is 3.88. The predicted octanol–water partition coefficient (Wildman–Crippen LogP) is 3.85. The van der Waals surface area contributed by atoms with Gasteiger partial charge in [0.2, 0.25) is 5.95 Å². The monoisotopic (exact) mass is 419 g/mol. The number of rotatable bonds is 6. The number of anilines is 1. The number of carbonyl (C=O) groups is 1. The Labute approximate surface area is 177 Å². The van der Waals surface area contributed by atoms with E-state index >= 15 is 0 Å². The van der Waals surface area contributed by atoms with Crippen LogP contribution in [0.2, 0.25) is 0 Å². The molecule has 4 aromatic heterocycles. The van der Waals surface area contributed by atoms with Crippen molar-refractivity contribution < 1.29 is 4.79 Å². The first-order chi connectivity index (χ1) is 14.5. The van der Waals surface area contributed by atoms with E-state index in [-0.39, 0.29) is 18.0 Å². The van der Waals surface area contributed by atoms with Crippen molar-refractivity contribution in [3.8, 4) is 0 Å². The van der Waals surface area contributed by atoms with Gasteiger partial charge in [-0.15, -0.1) is 11.3 Å². The first-order valence-electron chi connectivity index (χ1n) is 9.53. The number of aryl methyl sites for hydroxylation is 1. The van der Waals surface area contributed by atoms with Crippen molar-refractivity contribution in [2.75, 3.05) is 5.32 Å². The van der Waals surface area contributed by atoms with Gasteiger partial charge < -0.3 is 10.6 Å². The van der Waals surface area contributed by atoms with E-state index in [2.05, 4.69) is 35.6 Å². The quantitative estimate of drug-likeness (QED) is 0.489. The molecule has 0 bridgehead atoms. The van der Waals surface area contributed by atoms with Gasteiger partial charge in [-0.05, 0) is 44.0 Å². The van der Waals surface area contributed by atoms with Crippen molar-refractivity contribution in [3.63, 3.8) is 0 Å². The number of carbonyl (C=O) groups excluding carboxylic acids is 1. The Hall–Kier alpha value is -3.46. The van der Waals surface area contributed by atoms with Gasteiger partial charge in [0.1, 0.15) is 4.70 Å². The number of nitrogens with zero attached hydrogens (tertiary/aromatic N) is 5. The third-order valence-electron chi connectivity index (χ3n) is 4.64. The molecule has 8 nitrogen and oxygen atoms in total. The smallest absolute Gasteiger partial charge is 0.272 e. The fraction of sp³-hybridized carbons (Fsp3) is 0.238. The lowest BCUT2D eigenvalue weighted by molar-refractivity contribution is 0.0937. The van der Waals surface area contributed by atoms with Crippen molar-refractivity contribution in [3.05, 3.63) is 70.9 Å². The predicted molar refractivity (Wildman–Crippen MR) is 116 cm³/mol. The first-order valence-corrected chi connectivity index (χ1v) is 10.4. The molecule has 0 fully saturated rings. The van der Waals surface area contributed by atoms with Crippen LogP contribution in [0.15, 0.2) is 49.1 Å². The van der Waals surface area contributed by atoms with Crippen molar-refractivity contribution in [2.24, 2.45) is 0 Å². The molecular weight excluding hydrogens is 398 g/mol. The molecule has 0 saturated heterocycles. The van der Waals surface area contributed by atoms with E-state index in [0.717, 1.165) is 16.1 Å². The van der Waals surface area contributed by atoms with E-state index in [0.29, 0.717) is 22.0 Å². The van der Waals surface area contributed by atoms with E-state index in [4.69, 9.17) is 0 Å². The number of amides is 1. The van der Waals surface area contributed by atoms with Crippen molar-refractivity contribution in [1.82, 2.24) is 30.2 Å². The SMILES string of the molecule is Cc1nc2nc(NC(C)c3cccnc3)nc(C(=O)N[C@@H](C)c3cccnc3)c2s1. The summed E-state index contributed by atoms with van der Waals surface area (Å²) in [6, 6.07) is 7.32. The Morgan fingerprint density at radius 2 is 1.63 bits per heavy atom. The summed E-state index contributed by atoms with van der Waals surface area (Å²) in [7, 11) is 0. The summed E-state index contributed by atoms with van der Waals surface area (Å²) < 4.78 is 0.669. The lowest BCUT2D eigenvalue weighted by Gasteiger charge is -2.16. The van der Waals surface area contributed by atoms with Crippen molar-refractivity contribution in [1.29, 1.82) is 0 Å². The van der Waals surface area contributed by atoms with Crippen LogP contribution in [-0.4, -0.2) is 30.8 Å². The van der Waals surface area contributed by atoms with Crippen LogP contribution in [-0.2, 0) is 0 Å². The maximum absolute atomic E-state index is 13.1. The van der Waals surface area contributed by atoms with Crippen LogP contribution in [0.1, 0.15) is 52.6 Å². The van der Waals surface area contributed by atoms with Crippen molar-refractivity contribution in [2.45, 2.75) is 32.9 Å². The van der Waals surface area contributed by atoms with E-state index in [9.17, 15) is 4.79 Å². The zero-order valence-electron chi connectivity index (χ0n) is 16.8. The Bertz CT molecular complexity index is 1160. The Morgan fingerprint density at radius 3 is 2.27 bits per heavy atom. The molecular formula is C21H21N7OS. The summed E-state index contributed by atoms with van der Waals surface area (Å²) in [5.74, 6) is 0.0721. The van der Waals surface area contributed by atoms with Gasteiger partial charge in [0, 0.05) is 24.8 Å². The van der Waals surface area contributed by atoms with E-state index in [1.807, 2.05) is 45.0 Å². The molecule has 1 unspecified atom stereocenters. The van der Waals surface area contributed by atoms with Gasteiger partial charge in [-0.2, -0.15) is 4.98 Å². The number of pyridine rings is 2. The highest BCUT2D eigenvalue weighted by atomic mass is 32.1. The molecule has 2 atom stereocenters. The lowest BCUT2D eigenvalue weighted by Crippen LogP contribution is -2.28. The normalized spacial score (nSPS) is 13.0. The number of thiazole rings is 1. The van der Waals surface area contributed by atoms with E-state index < -0.39 is 0 Å². The number of fused-ring (bicyclic) bond motifs is 1. The van der Waals surface area contributed by atoms with Crippen LogP contribution in [0, 0.1) is 6.92 Å². The zero-order valence-corrected chi connectivity index (χ0v) is 17.6. The molecule has 4 aromatic rings.